The molecule has 0 spiro atoms. The number of aromatic nitrogens is 3. The van der Waals surface area contributed by atoms with Crippen LogP contribution in [0.2, 0.25) is 0 Å². The van der Waals surface area contributed by atoms with Crippen molar-refractivity contribution in [1.29, 1.82) is 0 Å². The molecule has 2 heterocycles. The van der Waals surface area contributed by atoms with Crippen molar-refractivity contribution in [2.24, 2.45) is 0 Å². The van der Waals surface area contributed by atoms with Gasteiger partial charge in [-0.1, -0.05) is 164 Å². The first kappa shape index (κ1) is 43.2. The SMILES string of the molecule is c1ccc(N(c2ccccc2)c2ccc(-c3ccc4c(c3)c3cc(-c5ccc(N(c6ccccc6)c6ccccc6)cc5)ccc3n4-c3ccc(-c4ccc(-c5ncc6ccccc6n5)cc4)cc3)cc2)cc1. The van der Waals surface area contributed by atoms with Crippen LogP contribution in [0.15, 0.2) is 285 Å². The summed E-state index contributed by atoms with van der Waals surface area (Å²) >= 11 is 0. The molecule has 0 N–H and O–H groups in total. The summed E-state index contributed by atoms with van der Waals surface area (Å²) in [7, 11) is 0. The van der Waals surface area contributed by atoms with Gasteiger partial charge in [-0.2, -0.15) is 0 Å². The van der Waals surface area contributed by atoms with E-state index in [1.165, 1.54) is 10.8 Å². The molecule has 0 saturated carbocycles. The van der Waals surface area contributed by atoms with Gasteiger partial charge in [0.25, 0.3) is 0 Å². The fourth-order valence-electron chi connectivity index (χ4n) is 10.2. The molecule has 344 valence electrons. The van der Waals surface area contributed by atoms with Crippen LogP contribution in [0.25, 0.3) is 83.2 Å². The Kier molecular flexibility index (Phi) is 11.1. The molecule has 5 nitrogen and oxygen atoms in total. The fraction of sp³-hybridized carbons (Fsp3) is 0. The lowest BCUT2D eigenvalue weighted by Gasteiger charge is -2.25. The highest BCUT2D eigenvalue weighted by Gasteiger charge is 2.18. The van der Waals surface area contributed by atoms with E-state index in [1.54, 1.807) is 0 Å². The van der Waals surface area contributed by atoms with Crippen molar-refractivity contribution in [3.05, 3.63) is 285 Å². The van der Waals surface area contributed by atoms with E-state index in [4.69, 9.17) is 4.98 Å². The predicted molar refractivity (Wildman–Crippen MR) is 305 cm³/mol. The molecule has 0 bridgehead atoms. The van der Waals surface area contributed by atoms with Crippen molar-refractivity contribution in [2.45, 2.75) is 0 Å². The van der Waals surface area contributed by atoms with Crippen LogP contribution in [0, 0.1) is 0 Å². The molecule has 2 aromatic heterocycles. The molecular weight excluding hydrogens is 887 g/mol. The first-order valence-corrected chi connectivity index (χ1v) is 24.7. The highest BCUT2D eigenvalue weighted by atomic mass is 15.1. The molecule has 13 aromatic rings. The van der Waals surface area contributed by atoms with Gasteiger partial charge < -0.3 is 14.4 Å². The van der Waals surface area contributed by atoms with E-state index < -0.39 is 0 Å². The molecule has 5 heteroatoms. The molecule has 0 fully saturated rings. The number of hydrogen-bond donors (Lipinski definition) is 0. The molecule has 0 saturated heterocycles. The van der Waals surface area contributed by atoms with Crippen LogP contribution in [0.3, 0.4) is 0 Å². The zero-order valence-electron chi connectivity index (χ0n) is 39.9. The van der Waals surface area contributed by atoms with Gasteiger partial charge in [0.2, 0.25) is 0 Å². The van der Waals surface area contributed by atoms with Crippen molar-refractivity contribution >= 4 is 66.8 Å². The molecule has 0 radical (unpaired) electrons. The van der Waals surface area contributed by atoms with Gasteiger partial charge in [-0.3, -0.25) is 0 Å². The fourth-order valence-corrected chi connectivity index (χ4v) is 10.2. The Bertz CT molecular complexity index is 3760. The maximum atomic E-state index is 4.83. The molecule has 11 aromatic carbocycles. The largest absolute Gasteiger partial charge is 0.311 e. The van der Waals surface area contributed by atoms with Gasteiger partial charge in [0.05, 0.1) is 16.6 Å². The lowest BCUT2D eigenvalue weighted by atomic mass is 9.99. The van der Waals surface area contributed by atoms with Crippen LogP contribution >= 0.6 is 0 Å². The normalized spacial score (nSPS) is 11.3. The summed E-state index contributed by atoms with van der Waals surface area (Å²) in [5.74, 6) is 0.725. The standard InChI is InChI=1S/C68H47N5/c1-5-16-56(17-6-1)71(57-18-7-2-8-19-57)60-37-31-50(32-38-60)53-35-43-66-63(45-53)64-46-54(51-33-39-61(40-34-51)72(58-20-9-3-10-21-58)59-22-11-4-12-23-59)36-44-67(64)73(66)62-41-29-49(30-42-62)48-25-27-52(28-26-48)68-69-47-55-15-13-14-24-65(55)70-68/h1-47H. The summed E-state index contributed by atoms with van der Waals surface area (Å²) < 4.78 is 2.41. The zero-order valence-corrected chi connectivity index (χ0v) is 39.9. The Labute approximate surface area is 424 Å². The average molecular weight is 934 g/mol. The monoisotopic (exact) mass is 933 g/mol. The van der Waals surface area contributed by atoms with Crippen molar-refractivity contribution in [2.75, 3.05) is 9.80 Å². The predicted octanol–water partition coefficient (Wildman–Crippen LogP) is 18.3. The number of benzene rings is 11. The van der Waals surface area contributed by atoms with E-state index in [-0.39, 0.29) is 0 Å². The second kappa shape index (κ2) is 18.8. The zero-order chi connectivity index (χ0) is 48.5. The smallest absolute Gasteiger partial charge is 0.159 e. The van der Waals surface area contributed by atoms with Gasteiger partial charge in [-0.25, -0.2) is 9.97 Å². The Morgan fingerprint density at radius 1 is 0.288 bits per heavy atom. The maximum absolute atomic E-state index is 4.83. The molecule has 0 unspecified atom stereocenters. The quantitative estimate of drug-likeness (QED) is 0.129. The van der Waals surface area contributed by atoms with Crippen molar-refractivity contribution in [3.8, 4) is 50.5 Å². The first-order valence-electron chi connectivity index (χ1n) is 24.7. The van der Waals surface area contributed by atoms with E-state index in [2.05, 4.69) is 274 Å². The number of hydrogen-bond acceptors (Lipinski definition) is 4. The highest BCUT2D eigenvalue weighted by Crippen LogP contribution is 2.41. The highest BCUT2D eigenvalue weighted by molar-refractivity contribution is 6.11. The van der Waals surface area contributed by atoms with Gasteiger partial charge in [0.1, 0.15) is 0 Å². The summed E-state index contributed by atoms with van der Waals surface area (Å²) in [6.07, 6.45) is 1.90. The Hall–Kier alpha value is -9.84. The summed E-state index contributed by atoms with van der Waals surface area (Å²) in [5, 5.41) is 3.42. The van der Waals surface area contributed by atoms with Gasteiger partial charge in [0, 0.05) is 67.7 Å². The van der Waals surface area contributed by atoms with Crippen molar-refractivity contribution in [1.82, 2.24) is 14.5 Å². The summed E-state index contributed by atoms with van der Waals surface area (Å²) in [5.41, 5.74) is 18.9. The van der Waals surface area contributed by atoms with Gasteiger partial charge >= 0.3 is 0 Å². The number of rotatable bonds is 11. The molecule has 0 aliphatic carbocycles. The number of fused-ring (bicyclic) bond motifs is 4. The van der Waals surface area contributed by atoms with Crippen LogP contribution < -0.4 is 9.80 Å². The summed E-state index contributed by atoms with van der Waals surface area (Å²) in [4.78, 5) is 14.1. The third kappa shape index (κ3) is 8.35. The second-order valence-electron chi connectivity index (χ2n) is 18.3. The van der Waals surface area contributed by atoms with Crippen LogP contribution in [0.5, 0.6) is 0 Å². The second-order valence-corrected chi connectivity index (χ2v) is 18.3. The topological polar surface area (TPSA) is 37.2 Å². The maximum Gasteiger partial charge on any atom is 0.159 e. The summed E-state index contributed by atoms with van der Waals surface area (Å²) in [6.45, 7) is 0. The minimum Gasteiger partial charge on any atom is -0.311 e. The van der Waals surface area contributed by atoms with Crippen LogP contribution in [-0.2, 0) is 0 Å². The number of anilines is 6. The van der Waals surface area contributed by atoms with Gasteiger partial charge in [0.15, 0.2) is 5.82 Å². The van der Waals surface area contributed by atoms with Crippen molar-refractivity contribution in [3.63, 3.8) is 0 Å². The average Bonchev–Trinajstić information content (AvgIpc) is 3.80. The minimum absolute atomic E-state index is 0.725. The lowest BCUT2D eigenvalue weighted by molar-refractivity contribution is 1.18. The molecular formula is C68H47N5. The van der Waals surface area contributed by atoms with Crippen molar-refractivity contribution < 1.29 is 0 Å². The molecule has 13 rings (SSSR count). The van der Waals surface area contributed by atoms with Crippen LogP contribution in [-0.4, -0.2) is 14.5 Å². The molecule has 0 amide bonds. The third-order valence-electron chi connectivity index (χ3n) is 13.8. The molecule has 0 atom stereocenters. The van der Waals surface area contributed by atoms with Gasteiger partial charge in [-0.15, -0.1) is 0 Å². The number of nitrogens with zero attached hydrogens (tertiary/aromatic N) is 5. The first-order chi connectivity index (χ1) is 36.2. The third-order valence-corrected chi connectivity index (χ3v) is 13.8. The van der Waals surface area contributed by atoms with E-state index in [1.807, 2.05) is 30.5 Å². The minimum atomic E-state index is 0.725. The lowest BCUT2D eigenvalue weighted by Crippen LogP contribution is -2.09. The van der Waals surface area contributed by atoms with E-state index in [0.717, 1.165) is 107 Å². The molecule has 0 aliphatic rings. The Balaban J connectivity index is 0.877. The molecule has 73 heavy (non-hydrogen) atoms. The van der Waals surface area contributed by atoms with Crippen LogP contribution in [0.1, 0.15) is 0 Å². The van der Waals surface area contributed by atoms with E-state index >= 15 is 0 Å². The Morgan fingerprint density at radius 2 is 0.630 bits per heavy atom. The van der Waals surface area contributed by atoms with Crippen LogP contribution in [0.4, 0.5) is 34.1 Å². The van der Waals surface area contributed by atoms with E-state index in [9.17, 15) is 0 Å². The summed E-state index contributed by atoms with van der Waals surface area (Å²) in [6, 6.07) is 99.6. The number of para-hydroxylation sites is 5. The van der Waals surface area contributed by atoms with Gasteiger partial charge in [-0.05, 0) is 149 Å². The van der Waals surface area contributed by atoms with E-state index in [0.29, 0.717) is 0 Å². The molecule has 0 aliphatic heterocycles. The Morgan fingerprint density at radius 3 is 1.08 bits per heavy atom.